The van der Waals surface area contributed by atoms with Crippen LogP contribution in [0.2, 0.25) is 0 Å². The molecule has 8 rings (SSSR count). The summed E-state index contributed by atoms with van der Waals surface area (Å²) in [4.78, 5) is 15.1. The Kier molecular flexibility index (Phi) is 7.60. The molecule has 4 nitrogen and oxygen atoms in total. The number of rotatable bonds is 6. The van der Waals surface area contributed by atoms with Crippen molar-refractivity contribution in [2.45, 2.75) is 24.7 Å². The van der Waals surface area contributed by atoms with Gasteiger partial charge in [-0.15, -0.1) is 34.9 Å². The van der Waals surface area contributed by atoms with Crippen molar-refractivity contribution in [3.63, 3.8) is 0 Å². The number of para-hydroxylation sites is 1. The van der Waals surface area contributed by atoms with Crippen molar-refractivity contribution in [2.24, 2.45) is 0 Å². The molecule has 0 aliphatic carbocycles. The van der Waals surface area contributed by atoms with Crippen molar-refractivity contribution >= 4 is 27.3 Å². The van der Waals surface area contributed by atoms with Crippen LogP contribution in [-0.2, 0) is 30.9 Å². The molecule has 8 aromatic rings. The minimum Gasteiger partial charge on any atom is -0.340 e. The van der Waals surface area contributed by atoms with E-state index in [0.29, 0.717) is 0 Å². The maximum Gasteiger partial charge on any atom is 3.00 e. The third-order valence-electron chi connectivity index (χ3n) is 9.23. The Morgan fingerprint density at radius 3 is 1.80 bits per heavy atom. The number of hydrogen-bond donors (Lipinski definition) is 0. The molecule has 0 spiro atoms. The summed E-state index contributed by atoms with van der Waals surface area (Å²) in [7, 11) is 0. The van der Waals surface area contributed by atoms with Crippen LogP contribution in [0.3, 0.4) is 0 Å². The van der Waals surface area contributed by atoms with E-state index in [1.165, 1.54) is 0 Å². The zero-order valence-electron chi connectivity index (χ0n) is 25.4. The smallest absolute Gasteiger partial charge is 0.340 e. The van der Waals surface area contributed by atoms with Crippen molar-refractivity contribution in [1.29, 1.82) is 0 Å². The zero-order valence-corrected chi connectivity index (χ0v) is 27.8. The van der Waals surface area contributed by atoms with Gasteiger partial charge in [-0.1, -0.05) is 41.1 Å². The second-order valence-corrected chi connectivity index (χ2v) is 11.7. The molecule has 1 unspecified atom stereocenters. The summed E-state index contributed by atoms with van der Waals surface area (Å²) in [5.74, 6) is 0. The van der Waals surface area contributed by atoms with Crippen LogP contribution in [0.15, 0.2) is 140 Å². The molecule has 5 heteroatoms. The number of imidazole rings is 1. The third kappa shape index (κ3) is 4.58. The van der Waals surface area contributed by atoms with Crippen molar-refractivity contribution in [3.05, 3.63) is 192 Å². The van der Waals surface area contributed by atoms with Gasteiger partial charge in [0.25, 0.3) is 0 Å². The molecule has 0 amide bonds. The van der Waals surface area contributed by atoms with E-state index in [1.54, 1.807) is 0 Å². The van der Waals surface area contributed by atoms with E-state index in [9.17, 15) is 0 Å². The maximum atomic E-state index is 5.43. The monoisotopic (exact) mass is 770 g/mol. The molecule has 4 heterocycles. The topological polar surface area (TPSA) is 43.1 Å². The molecular formula is C41H29IrN4. The first-order chi connectivity index (χ1) is 22.1. The van der Waals surface area contributed by atoms with Crippen LogP contribution in [0.25, 0.3) is 27.3 Å². The summed E-state index contributed by atoms with van der Waals surface area (Å²) in [5.41, 5.74) is 6.49. The molecule has 0 fully saturated rings. The standard InChI is InChI=1S/C41H29N4.Ir/c1-40(29-15-5-3-6-16-29,36-21-11-13-25-42-36)31-23-24-32-33-19-9-10-20-35(33)45-28-38(44-39(45)34(32)27-31)41(2,30-17-7-4-8-18-30)37-22-12-14-26-43-37;/h3-15,17,19-26,28H,1-2H3;/q-3;+3/t40?,41-;/m1./s1. The van der Waals surface area contributed by atoms with E-state index in [0.717, 1.165) is 61.1 Å². The minimum absolute atomic E-state index is 0. The van der Waals surface area contributed by atoms with Gasteiger partial charge >= 0.3 is 20.1 Å². The van der Waals surface area contributed by atoms with Gasteiger partial charge in [0.1, 0.15) is 0 Å². The van der Waals surface area contributed by atoms with E-state index >= 15 is 0 Å². The van der Waals surface area contributed by atoms with Crippen LogP contribution >= 0.6 is 0 Å². The van der Waals surface area contributed by atoms with Crippen LogP contribution in [0.4, 0.5) is 0 Å². The molecule has 0 aliphatic rings. The van der Waals surface area contributed by atoms with Crippen molar-refractivity contribution < 1.29 is 20.1 Å². The first-order valence-electron chi connectivity index (χ1n) is 15.1. The first-order valence-corrected chi connectivity index (χ1v) is 15.1. The van der Waals surface area contributed by atoms with Crippen molar-refractivity contribution in [2.75, 3.05) is 0 Å². The SMILES string of the molecule is CC(c1[c-]cccc1)(c1[c-]c2c(cc1)c1ccccc1n1cc([C@](C)(c3[c-]cccc3)c3ccccn3)nc21)c1ccccn1.[Ir+3]. The number of hydrogen-bond acceptors (Lipinski definition) is 3. The summed E-state index contributed by atoms with van der Waals surface area (Å²) in [6.07, 6.45) is 5.86. The first kappa shape index (κ1) is 29.7. The fourth-order valence-corrected chi connectivity index (χ4v) is 6.63. The van der Waals surface area contributed by atoms with Crippen LogP contribution in [0.1, 0.15) is 47.6 Å². The van der Waals surface area contributed by atoms with Gasteiger partial charge in [-0.2, -0.15) is 60.7 Å². The summed E-state index contributed by atoms with van der Waals surface area (Å²) in [5, 5.41) is 3.20. The van der Waals surface area contributed by atoms with Gasteiger partial charge in [0.05, 0.1) is 28.1 Å². The minimum atomic E-state index is -0.638. The number of pyridine rings is 3. The molecule has 0 N–H and O–H groups in total. The van der Waals surface area contributed by atoms with E-state index in [-0.39, 0.29) is 20.1 Å². The molecule has 0 saturated carbocycles. The number of aromatic nitrogens is 4. The molecule has 0 saturated heterocycles. The quantitative estimate of drug-likeness (QED) is 0.126. The summed E-state index contributed by atoms with van der Waals surface area (Å²) in [6, 6.07) is 52.1. The van der Waals surface area contributed by atoms with Gasteiger partial charge < -0.3 is 4.40 Å². The van der Waals surface area contributed by atoms with Crippen LogP contribution < -0.4 is 0 Å². The fraction of sp³-hybridized carbons (Fsp3) is 0.0976. The summed E-state index contributed by atoms with van der Waals surface area (Å²) < 4.78 is 2.21. The Morgan fingerprint density at radius 1 is 0.565 bits per heavy atom. The average Bonchev–Trinajstić information content (AvgIpc) is 3.59. The molecule has 0 radical (unpaired) electrons. The second-order valence-electron chi connectivity index (χ2n) is 11.7. The molecule has 0 aliphatic heterocycles. The van der Waals surface area contributed by atoms with E-state index < -0.39 is 10.8 Å². The maximum absolute atomic E-state index is 5.43. The predicted molar refractivity (Wildman–Crippen MR) is 179 cm³/mol. The number of fused-ring (bicyclic) bond motifs is 6. The molecule has 4 aromatic carbocycles. The Labute approximate surface area is 282 Å². The average molecular weight is 770 g/mol. The van der Waals surface area contributed by atoms with Crippen LogP contribution in [0.5, 0.6) is 0 Å². The Hall–Kier alpha value is -4.96. The molecule has 0 bridgehead atoms. The molecule has 4 aromatic heterocycles. The van der Waals surface area contributed by atoms with Gasteiger partial charge in [-0.25, -0.2) is 0 Å². The molecule has 222 valence electrons. The number of benzene rings is 4. The third-order valence-corrected chi connectivity index (χ3v) is 9.23. The Bertz CT molecular complexity index is 2200. The van der Waals surface area contributed by atoms with E-state index in [1.807, 2.05) is 67.0 Å². The summed E-state index contributed by atoms with van der Waals surface area (Å²) in [6.45, 7) is 4.39. The molecular weight excluding hydrogens is 741 g/mol. The number of nitrogens with zero attached hydrogens (tertiary/aromatic N) is 4. The largest absolute Gasteiger partial charge is 3.00 e. The van der Waals surface area contributed by atoms with Gasteiger partial charge in [-0.3, -0.25) is 15.0 Å². The molecule has 46 heavy (non-hydrogen) atoms. The predicted octanol–water partition coefficient (Wildman–Crippen LogP) is 8.54. The van der Waals surface area contributed by atoms with Crippen LogP contribution in [-0.4, -0.2) is 19.4 Å². The van der Waals surface area contributed by atoms with Gasteiger partial charge in [0.2, 0.25) is 0 Å². The summed E-state index contributed by atoms with van der Waals surface area (Å²) >= 11 is 0. The fourth-order valence-electron chi connectivity index (χ4n) is 6.63. The van der Waals surface area contributed by atoms with E-state index in [4.69, 9.17) is 15.0 Å². The Balaban J connectivity index is 0.00000338. The van der Waals surface area contributed by atoms with Gasteiger partial charge in [0, 0.05) is 29.5 Å². The zero-order chi connectivity index (χ0) is 30.4. The normalized spacial score (nSPS) is 14.0. The van der Waals surface area contributed by atoms with Crippen molar-refractivity contribution in [3.8, 4) is 0 Å². The van der Waals surface area contributed by atoms with E-state index in [2.05, 4.69) is 109 Å². The molecule has 2 atom stereocenters. The Morgan fingerprint density at radius 2 is 1.17 bits per heavy atom. The second kappa shape index (κ2) is 11.8. The van der Waals surface area contributed by atoms with Crippen LogP contribution in [0, 0.1) is 18.2 Å². The van der Waals surface area contributed by atoms with Crippen molar-refractivity contribution in [1.82, 2.24) is 19.4 Å². The van der Waals surface area contributed by atoms with Gasteiger partial charge in [0.15, 0.2) is 0 Å². The van der Waals surface area contributed by atoms with Gasteiger partial charge in [-0.05, 0) is 49.6 Å².